The number of nitrogens with one attached hydrogen (secondary N) is 3. The van der Waals surface area contributed by atoms with Gasteiger partial charge in [-0.2, -0.15) is 0 Å². The molecule has 1 unspecified atom stereocenters. The van der Waals surface area contributed by atoms with E-state index in [-0.39, 0.29) is 52.0 Å². The summed E-state index contributed by atoms with van der Waals surface area (Å²) in [5, 5.41) is 119. The zero-order valence-corrected chi connectivity index (χ0v) is 37.9. The normalized spacial score (nSPS) is 33.3. The first-order valence-corrected chi connectivity index (χ1v) is 22.5. The number of aliphatic hydroxyl groups is 11. The van der Waals surface area contributed by atoms with Crippen molar-refractivity contribution in [3.8, 4) is 0 Å². The van der Waals surface area contributed by atoms with Crippen molar-refractivity contribution in [3.05, 3.63) is 0 Å². The molecule has 4 aliphatic rings. The Hall–Kier alpha value is -3.70. The van der Waals surface area contributed by atoms with Crippen LogP contribution in [0.4, 0.5) is 0 Å². The summed E-state index contributed by atoms with van der Waals surface area (Å²) >= 11 is 0. The second-order valence-corrected chi connectivity index (χ2v) is 16.9. The Morgan fingerprint density at radius 1 is 0.623 bits per heavy atom. The molecule has 0 aliphatic carbocycles. The molecule has 4 fully saturated rings. The van der Waals surface area contributed by atoms with Crippen LogP contribution in [0.15, 0.2) is 0 Å². The van der Waals surface area contributed by atoms with Gasteiger partial charge in [-0.1, -0.05) is 6.42 Å². The molecule has 0 aromatic rings. The smallest absolute Gasteiger partial charge is 0.333 e. The van der Waals surface area contributed by atoms with Gasteiger partial charge in [-0.25, -0.2) is 4.79 Å². The summed E-state index contributed by atoms with van der Waals surface area (Å²) in [4.78, 5) is 81.4. The first-order chi connectivity index (χ1) is 32.7. The molecule has 29 nitrogen and oxygen atoms in total. The van der Waals surface area contributed by atoms with Gasteiger partial charge < -0.3 is 105 Å². The van der Waals surface area contributed by atoms with Crippen molar-refractivity contribution in [1.82, 2.24) is 25.9 Å². The highest BCUT2D eigenvalue weighted by atomic mass is 16.7. The minimum atomic E-state index is -1.82. The molecule has 4 aliphatic heterocycles. The Kier molecular flexibility index (Phi) is 23.8. The molecule has 16 atom stereocenters. The highest BCUT2D eigenvalue weighted by molar-refractivity contribution is 6.01. The van der Waals surface area contributed by atoms with Crippen LogP contribution in [0.25, 0.3) is 0 Å². The number of carbonyl (C=O) groups excluding carboxylic acids is 6. The number of aliphatic hydroxyl groups excluding tert-OH is 11. The molecule has 4 saturated heterocycles. The Bertz CT molecular complexity index is 1650. The average Bonchev–Trinajstić information content (AvgIpc) is 3.63. The molecule has 14 N–H and O–H groups in total. The topological polar surface area (TPSA) is 432 Å². The Balaban J connectivity index is 1.36. The number of nitrogens with zero attached hydrogens (tertiary/aromatic N) is 2. The van der Waals surface area contributed by atoms with Gasteiger partial charge in [0.25, 0.3) is 11.8 Å². The van der Waals surface area contributed by atoms with Crippen molar-refractivity contribution in [2.24, 2.45) is 0 Å². The van der Waals surface area contributed by atoms with Crippen LogP contribution in [-0.4, -0.2) is 266 Å². The molecule has 0 aromatic carbocycles. The van der Waals surface area contributed by atoms with E-state index in [9.17, 15) is 84.9 Å². The summed E-state index contributed by atoms with van der Waals surface area (Å²) in [6, 6.07) is -1.09. The maximum atomic E-state index is 13.7. The molecule has 0 saturated carbocycles. The van der Waals surface area contributed by atoms with E-state index in [4.69, 9.17) is 33.3 Å². The molecule has 5 amide bonds. The summed E-state index contributed by atoms with van der Waals surface area (Å²) in [7, 11) is 0. The molecule has 0 spiro atoms. The lowest BCUT2D eigenvalue weighted by Crippen LogP contribution is -2.60. The van der Waals surface area contributed by atoms with Crippen molar-refractivity contribution < 1.29 is 118 Å². The molecule has 4 rings (SSSR count). The monoisotopic (exact) mass is 1000 g/mol. The largest absolute Gasteiger partial charge is 0.394 e. The van der Waals surface area contributed by atoms with E-state index in [1.165, 1.54) is 6.92 Å². The summed E-state index contributed by atoms with van der Waals surface area (Å²) < 4.78 is 32.8. The van der Waals surface area contributed by atoms with Crippen molar-refractivity contribution >= 4 is 35.5 Å². The SMILES string of the molecule is C[C@@H]1O[C@@H](OCCNC(=O)CN(CC(=O)NCCCCCC(=O)ON2C(=O)CCC2=O)CC(=O)NC(CCO[C@H]2O[C@H](CO)[C@@H](O)[C@H](O)[C@@H]2O)CO[C@H]2O[C@H](CO)[C@@H](O)[C@H](O)[C@@H]2O)[C@@H](O)[C@H](O)[C@@H]1O. The van der Waals surface area contributed by atoms with E-state index in [0.29, 0.717) is 24.3 Å². The van der Waals surface area contributed by atoms with Crippen LogP contribution in [0.2, 0.25) is 0 Å². The predicted octanol–water partition coefficient (Wildman–Crippen LogP) is -8.96. The Morgan fingerprint density at radius 2 is 1.12 bits per heavy atom. The zero-order chi connectivity index (χ0) is 50.9. The number of hydrogen-bond acceptors (Lipinski definition) is 25. The van der Waals surface area contributed by atoms with Crippen LogP contribution >= 0.6 is 0 Å². The second kappa shape index (κ2) is 28.4. The highest BCUT2D eigenvalue weighted by Crippen LogP contribution is 2.25. The average molecular weight is 1000 g/mol. The molecule has 0 aromatic heterocycles. The van der Waals surface area contributed by atoms with Crippen molar-refractivity contribution in [2.75, 3.05) is 65.8 Å². The molecule has 4 heterocycles. The number of carbonyl (C=O) groups is 6. The molecule has 396 valence electrons. The zero-order valence-electron chi connectivity index (χ0n) is 37.9. The first-order valence-electron chi connectivity index (χ1n) is 22.5. The van der Waals surface area contributed by atoms with Crippen LogP contribution in [0.5, 0.6) is 0 Å². The third kappa shape index (κ3) is 17.2. The standard InChI is InChI=1S/C40H67N5O24/c1-19-29(54)32(57)35(60)38(66-19)64-12-10-42-24(49)14-44(13-23(48)41-9-4-2-3-5-28(53)69-45-26(51)6-7-27(45)52)15-25(50)43-20(18-65-40-37(62)34(59)31(56)22(17-47)68-40)8-11-63-39-36(61)33(58)30(55)21(16-46)67-39/h19-22,29-40,46-47,54-62H,2-18H2,1H3,(H,41,48)(H,42,49)(H,43,50)/t19-,20?,21+,22+,29+,30+,31+,32+,33-,34-,35-,36-,37-,38+,39-,40-/m0/s1. The van der Waals surface area contributed by atoms with Gasteiger partial charge in [-0.3, -0.25) is 28.9 Å². The van der Waals surface area contributed by atoms with Gasteiger partial charge >= 0.3 is 5.97 Å². The molecular weight excluding hydrogens is 934 g/mol. The molecule has 69 heavy (non-hydrogen) atoms. The lowest BCUT2D eigenvalue weighted by molar-refractivity contribution is -0.304. The van der Waals surface area contributed by atoms with Gasteiger partial charge in [0.2, 0.25) is 17.7 Å². The van der Waals surface area contributed by atoms with E-state index in [1.807, 2.05) is 0 Å². The maximum absolute atomic E-state index is 13.7. The third-order valence-corrected chi connectivity index (χ3v) is 11.5. The summed E-state index contributed by atoms with van der Waals surface area (Å²) in [5.74, 6) is -4.14. The quantitative estimate of drug-likeness (QED) is 0.0268. The third-order valence-electron chi connectivity index (χ3n) is 11.5. The second-order valence-electron chi connectivity index (χ2n) is 16.9. The van der Waals surface area contributed by atoms with Crippen LogP contribution in [0.3, 0.4) is 0 Å². The fourth-order valence-corrected chi connectivity index (χ4v) is 7.43. The first kappa shape index (κ1) is 57.9. The molecule has 0 radical (unpaired) electrons. The van der Waals surface area contributed by atoms with Gasteiger partial charge in [-0.05, 0) is 26.2 Å². The molecular formula is C40H67N5O24. The number of imide groups is 1. The maximum Gasteiger partial charge on any atom is 0.333 e. The highest BCUT2D eigenvalue weighted by Gasteiger charge is 2.46. The van der Waals surface area contributed by atoms with Gasteiger partial charge in [0, 0.05) is 32.4 Å². The van der Waals surface area contributed by atoms with Crippen LogP contribution in [0, 0.1) is 0 Å². The van der Waals surface area contributed by atoms with E-state index in [1.54, 1.807) is 0 Å². The predicted molar refractivity (Wildman–Crippen MR) is 222 cm³/mol. The lowest BCUT2D eigenvalue weighted by atomic mass is 9.99. The van der Waals surface area contributed by atoms with Crippen molar-refractivity contribution in [2.45, 2.75) is 150 Å². The minimum Gasteiger partial charge on any atom is -0.394 e. The van der Waals surface area contributed by atoms with E-state index in [2.05, 4.69) is 16.0 Å². The number of ether oxygens (including phenoxy) is 6. The van der Waals surface area contributed by atoms with E-state index in [0.717, 1.165) is 4.90 Å². The summed E-state index contributed by atoms with van der Waals surface area (Å²) in [6.07, 6.45) is -22.4. The fourth-order valence-electron chi connectivity index (χ4n) is 7.43. The number of unbranched alkanes of at least 4 members (excludes halogenated alkanes) is 2. The van der Waals surface area contributed by atoms with Gasteiger partial charge in [0.05, 0.1) is 64.8 Å². The lowest BCUT2D eigenvalue weighted by Gasteiger charge is -2.40. The van der Waals surface area contributed by atoms with E-state index < -0.39 is 173 Å². The number of rotatable bonds is 27. The summed E-state index contributed by atoms with van der Waals surface area (Å²) in [5.41, 5.74) is 0. The summed E-state index contributed by atoms with van der Waals surface area (Å²) in [6.45, 7) is -2.91. The molecule has 0 bridgehead atoms. The number of amides is 5. The Labute approximate surface area is 395 Å². The fraction of sp³-hybridized carbons (Fsp3) is 0.850. The van der Waals surface area contributed by atoms with E-state index >= 15 is 0 Å². The van der Waals surface area contributed by atoms with Gasteiger partial charge in [0.1, 0.15) is 67.1 Å². The molecule has 29 heteroatoms. The van der Waals surface area contributed by atoms with Crippen LogP contribution in [0.1, 0.15) is 51.9 Å². The minimum absolute atomic E-state index is 0.0506. The van der Waals surface area contributed by atoms with Crippen molar-refractivity contribution in [1.29, 1.82) is 0 Å². The van der Waals surface area contributed by atoms with Crippen LogP contribution in [-0.2, 0) is 62.0 Å². The number of hydrogen-bond donors (Lipinski definition) is 14. The van der Waals surface area contributed by atoms with Gasteiger partial charge in [-0.15, -0.1) is 5.06 Å². The Morgan fingerprint density at radius 3 is 1.68 bits per heavy atom. The van der Waals surface area contributed by atoms with Crippen LogP contribution < -0.4 is 16.0 Å². The van der Waals surface area contributed by atoms with Crippen molar-refractivity contribution in [3.63, 3.8) is 0 Å². The number of hydroxylamine groups is 2. The van der Waals surface area contributed by atoms with Gasteiger partial charge in [0.15, 0.2) is 18.9 Å².